The average molecular weight is 388 g/mol. The smallest absolute Gasteiger partial charge is 0.113 e. The van der Waals surface area contributed by atoms with E-state index in [1.165, 1.54) is 75.3 Å². The van der Waals surface area contributed by atoms with Gasteiger partial charge in [0.05, 0.1) is 0 Å². The number of benzene rings is 1. The first-order valence-electron chi connectivity index (χ1n) is 11.9. The van der Waals surface area contributed by atoms with Gasteiger partial charge in [-0.3, -0.25) is 0 Å². The number of aryl methyl sites for hydroxylation is 1. The van der Waals surface area contributed by atoms with Crippen molar-refractivity contribution in [1.82, 2.24) is 4.98 Å². The monoisotopic (exact) mass is 387 g/mol. The highest BCUT2D eigenvalue weighted by atomic mass is 14.7. The zero-order valence-electron chi connectivity index (χ0n) is 18.4. The fraction of sp³-hybridized carbons (Fsp3) is 0.536. The Morgan fingerprint density at radius 2 is 1.62 bits per heavy atom. The van der Waals surface area contributed by atoms with Crippen molar-refractivity contribution < 1.29 is 0 Å². The highest BCUT2D eigenvalue weighted by Gasteiger charge is 2.21. The van der Waals surface area contributed by atoms with Gasteiger partial charge in [0.1, 0.15) is 5.69 Å². The number of nitrogens with zero attached hydrogens (tertiary/aromatic N) is 1. The summed E-state index contributed by atoms with van der Waals surface area (Å²) in [7, 11) is 0. The van der Waals surface area contributed by atoms with Crippen molar-refractivity contribution in [2.45, 2.75) is 90.4 Å². The lowest BCUT2D eigenvalue weighted by Gasteiger charge is -2.28. The summed E-state index contributed by atoms with van der Waals surface area (Å²) in [5.41, 5.74) is 4.76. The van der Waals surface area contributed by atoms with Crippen molar-refractivity contribution in [2.24, 2.45) is 5.92 Å². The Balaban J connectivity index is 1.51. The summed E-state index contributed by atoms with van der Waals surface area (Å²) in [6, 6.07) is 13.2. The fourth-order valence-corrected chi connectivity index (χ4v) is 4.57. The second-order valence-electron chi connectivity index (χ2n) is 8.74. The van der Waals surface area contributed by atoms with E-state index >= 15 is 0 Å². The minimum atomic E-state index is 0.747. The lowest BCUT2D eigenvalue weighted by molar-refractivity contribution is 0.308. The van der Waals surface area contributed by atoms with Gasteiger partial charge in [0.2, 0.25) is 0 Å². The zero-order valence-corrected chi connectivity index (χ0v) is 18.4. The summed E-state index contributed by atoms with van der Waals surface area (Å²) < 4.78 is 0. The van der Waals surface area contributed by atoms with E-state index in [0.717, 1.165) is 29.5 Å². The van der Waals surface area contributed by atoms with Gasteiger partial charge in [0.15, 0.2) is 0 Å². The van der Waals surface area contributed by atoms with Crippen LogP contribution in [0.2, 0.25) is 0 Å². The summed E-state index contributed by atoms with van der Waals surface area (Å²) in [6.07, 6.45) is 16.6. The van der Waals surface area contributed by atoms with E-state index in [-0.39, 0.29) is 0 Å². The van der Waals surface area contributed by atoms with Crippen LogP contribution >= 0.6 is 0 Å². The largest absolute Gasteiger partial charge is 0.248 e. The van der Waals surface area contributed by atoms with Crippen LogP contribution in [0.3, 0.4) is 0 Å². The van der Waals surface area contributed by atoms with Crippen LogP contribution in [0.25, 0.3) is 0 Å². The van der Waals surface area contributed by atoms with Crippen molar-refractivity contribution in [2.75, 3.05) is 0 Å². The van der Waals surface area contributed by atoms with Gasteiger partial charge >= 0.3 is 0 Å². The van der Waals surface area contributed by atoms with Crippen LogP contribution < -0.4 is 0 Å². The number of hydrogen-bond acceptors (Lipinski definition) is 1. The van der Waals surface area contributed by atoms with Crippen LogP contribution in [0.5, 0.6) is 0 Å². The number of hydrogen-bond donors (Lipinski definition) is 0. The van der Waals surface area contributed by atoms with Crippen molar-refractivity contribution in [3.63, 3.8) is 0 Å². The molecule has 3 rings (SSSR count). The Hall–Kier alpha value is -2.07. The first-order valence-corrected chi connectivity index (χ1v) is 11.9. The van der Waals surface area contributed by atoms with Crippen molar-refractivity contribution >= 4 is 0 Å². The zero-order chi connectivity index (χ0) is 20.3. The van der Waals surface area contributed by atoms with E-state index in [1.807, 2.05) is 6.20 Å². The third-order valence-electron chi connectivity index (χ3n) is 6.40. The Morgan fingerprint density at radius 3 is 2.28 bits per heavy atom. The molecule has 154 valence electrons. The molecule has 0 bridgehead atoms. The molecular formula is C28H37N. The first-order chi connectivity index (χ1) is 14.3. The third-order valence-corrected chi connectivity index (χ3v) is 6.40. The summed E-state index contributed by atoms with van der Waals surface area (Å²) in [4.78, 5) is 4.53. The molecule has 2 aromatic rings. The number of rotatable bonds is 8. The number of pyridine rings is 1. The van der Waals surface area contributed by atoms with Gasteiger partial charge in [0, 0.05) is 11.8 Å². The molecule has 1 fully saturated rings. The molecule has 1 nitrogen and oxygen atoms in total. The molecule has 1 aromatic carbocycles. The maximum Gasteiger partial charge on any atom is 0.113 e. The maximum atomic E-state index is 4.53. The topological polar surface area (TPSA) is 12.9 Å². The molecular weight excluding hydrogens is 350 g/mol. The molecule has 0 aliphatic heterocycles. The third kappa shape index (κ3) is 7.04. The predicted molar refractivity (Wildman–Crippen MR) is 124 cm³/mol. The lowest BCUT2D eigenvalue weighted by Crippen LogP contribution is -2.13. The molecule has 0 spiro atoms. The normalized spacial score (nSPS) is 18.8. The summed E-state index contributed by atoms with van der Waals surface area (Å²) >= 11 is 0. The van der Waals surface area contributed by atoms with Crippen LogP contribution in [0.1, 0.15) is 106 Å². The molecule has 0 radical (unpaired) electrons. The van der Waals surface area contributed by atoms with Gasteiger partial charge in [-0.2, -0.15) is 0 Å². The highest BCUT2D eigenvalue weighted by Crippen LogP contribution is 2.37. The van der Waals surface area contributed by atoms with E-state index in [4.69, 9.17) is 0 Å². The molecule has 0 amide bonds. The quantitative estimate of drug-likeness (QED) is 0.334. The predicted octanol–water partition coefficient (Wildman–Crippen LogP) is 7.68. The Kier molecular flexibility index (Phi) is 8.82. The standard InChI is InChI=1S/C28H37N/c1-3-5-6-7-9-25-15-21-28(29-22-25)20-14-24-12-18-27(19-13-24)26-16-10-23(8-4-2)11-17-26/h12-13,15,18-19,21-23,26H,3-11,16-17H2,1-2H3/t23-,26-. The minimum absolute atomic E-state index is 0.747. The molecule has 29 heavy (non-hydrogen) atoms. The summed E-state index contributed by atoms with van der Waals surface area (Å²) in [5.74, 6) is 8.22. The number of unbranched alkanes of at least 4 members (excludes halogenated alkanes) is 3. The second kappa shape index (κ2) is 11.8. The average Bonchev–Trinajstić information content (AvgIpc) is 2.77. The van der Waals surface area contributed by atoms with Crippen LogP contribution in [-0.2, 0) is 6.42 Å². The summed E-state index contributed by atoms with van der Waals surface area (Å²) in [6.45, 7) is 4.56. The van der Waals surface area contributed by atoms with Crippen LogP contribution in [0.15, 0.2) is 42.6 Å². The van der Waals surface area contributed by atoms with Gasteiger partial charge in [0.25, 0.3) is 0 Å². The Bertz CT molecular complexity index is 768. The van der Waals surface area contributed by atoms with Gasteiger partial charge < -0.3 is 0 Å². The summed E-state index contributed by atoms with van der Waals surface area (Å²) in [5, 5.41) is 0. The maximum absolute atomic E-state index is 4.53. The van der Waals surface area contributed by atoms with Crippen molar-refractivity contribution in [1.29, 1.82) is 0 Å². The van der Waals surface area contributed by atoms with Gasteiger partial charge in [-0.15, -0.1) is 0 Å². The molecule has 0 saturated heterocycles. The molecule has 1 aromatic heterocycles. The van der Waals surface area contributed by atoms with Gasteiger partial charge in [-0.25, -0.2) is 4.98 Å². The molecule has 0 N–H and O–H groups in total. The van der Waals surface area contributed by atoms with E-state index in [2.05, 4.69) is 67.1 Å². The van der Waals surface area contributed by atoms with E-state index in [0.29, 0.717) is 0 Å². The van der Waals surface area contributed by atoms with Crippen LogP contribution in [0.4, 0.5) is 0 Å². The molecule has 1 aliphatic rings. The Morgan fingerprint density at radius 1 is 0.828 bits per heavy atom. The fourth-order valence-electron chi connectivity index (χ4n) is 4.57. The molecule has 1 aliphatic carbocycles. The van der Waals surface area contributed by atoms with Crippen LogP contribution in [0, 0.1) is 17.8 Å². The van der Waals surface area contributed by atoms with Gasteiger partial charge in [-0.05, 0) is 85.6 Å². The van der Waals surface area contributed by atoms with Crippen LogP contribution in [-0.4, -0.2) is 4.98 Å². The highest BCUT2D eigenvalue weighted by molar-refractivity contribution is 5.41. The van der Waals surface area contributed by atoms with Gasteiger partial charge in [-0.1, -0.05) is 70.1 Å². The van der Waals surface area contributed by atoms with E-state index in [9.17, 15) is 0 Å². The molecule has 1 heteroatoms. The minimum Gasteiger partial charge on any atom is -0.248 e. The van der Waals surface area contributed by atoms with E-state index in [1.54, 1.807) is 0 Å². The first kappa shape index (κ1) is 21.6. The molecule has 0 unspecified atom stereocenters. The van der Waals surface area contributed by atoms with Crippen molar-refractivity contribution in [3.05, 3.63) is 65.0 Å². The SMILES string of the molecule is CCCCCCc1ccc(C#Cc2ccc([C@H]3CC[C@H](CCC)CC3)cc2)nc1. The molecule has 1 saturated carbocycles. The Labute approximate surface area is 178 Å². The number of aromatic nitrogens is 1. The molecule has 0 atom stereocenters. The lowest BCUT2D eigenvalue weighted by atomic mass is 9.77. The molecule has 1 heterocycles. The van der Waals surface area contributed by atoms with E-state index < -0.39 is 0 Å². The second-order valence-corrected chi connectivity index (χ2v) is 8.74. The van der Waals surface area contributed by atoms with Crippen molar-refractivity contribution in [3.8, 4) is 11.8 Å².